The topological polar surface area (TPSA) is 35.5 Å². The van der Waals surface area contributed by atoms with Gasteiger partial charge in [-0.15, -0.1) is 0 Å². The second-order valence-corrected chi connectivity index (χ2v) is 3.23. The molecule has 0 amide bonds. The highest BCUT2D eigenvalue weighted by Crippen LogP contribution is 2.12. The molecule has 0 aliphatic carbocycles. The summed E-state index contributed by atoms with van der Waals surface area (Å²) in [6, 6.07) is 0. The van der Waals surface area contributed by atoms with Crippen LogP contribution in [0.15, 0.2) is 12.7 Å². The summed E-state index contributed by atoms with van der Waals surface area (Å²) in [5, 5.41) is 0. The fraction of sp³-hybridized carbons (Fsp3) is 0.700. The first-order valence-electron chi connectivity index (χ1n) is 4.51. The normalized spacial score (nSPS) is 11.0. The molecule has 0 aromatic carbocycles. The first-order chi connectivity index (χ1) is 6.02. The number of ether oxygens (including phenoxy) is 2. The molecule has 3 nitrogen and oxygen atoms in total. The monoisotopic (exact) mass is 186 g/mol. The molecule has 0 aromatic heterocycles. The van der Waals surface area contributed by atoms with Crippen LogP contribution in [0.2, 0.25) is 0 Å². The van der Waals surface area contributed by atoms with E-state index in [1.54, 1.807) is 13.8 Å². The Morgan fingerprint density at radius 3 is 2.62 bits per heavy atom. The molecule has 3 heteroatoms. The van der Waals surface area contributed by atoms with Crippen molar-refractivity contribution in [1.29, 1.82) is 0 Å². The van der Waals surface area contributed by atoms with Crippen LogP contribution >= 0.6 is 0 Å². The van der Waals surface area contributed by atoms with Crippen LogP contribution in [0, 0.1) is 0 Å². The van der Waals surface area contributed by atoms with Gasteiger partial charge in [0.2, 0.25) is 5.79 Å². The predicted molar refractivity (Wildman–Crippen MR) is 51.2 cm³/mol. The van der Waals surface area contributed by atoms with E-state index in [9.17, 15) is 4.79 Å². The van der Waals surface area contributed by atoms with Gasteiger partial charge in [0, 0.05) is 19.9 Å². The molecule has 0 rings (SSSR count). The van der Waals surface area contributed by atoms with Gasteiger partial charge in [-0.2, -0.15) is 0 Å². The van der Waals surface area contributed by atoms with Gasteiger partial charge in [0.1, 0.15) is 0 Å². The fourth-order valence-electron chi connectivity index (χ4n) is 0.776. The summed E-state index contributed by atoms with van der Waals surface area (Å²) in [4.78, 5) is 10.8. The van der Waals surface area contributed by atoms with Crippen LogP contribution in [-0.4, -0.2) is 18.4 Å². The van der Waals surface area contributed by atoms with Crippen molar-refractivity contribution in [2.45, 2.75) is 39.4 Å². The molecular formula is C10H18O3. The molecule has 76 valence electrons. The molecule has 0 aromatic rings. The van der Waals surface area contributed by atoms with Gasteiger partial charge < -0.3 is 9.47 Å². The molecule has 13 heavy (non-hydrogen) atoms. The Morgan fingerprint density at radius 1 is 1.54 bits per heavy atom. The second kappa shape index (κ2) is 5.75. The summed E-state index contributed by atoms with van der Waals surface area (Å²) in [6.07, 6.45) is 3.16. The maximum Gasteiger partial charge on any atom is 0.332 e. The molecular weight excluding hydrogens is 168 g/mol. The van der Waals surface area contributed by atoms with Crippen molar-refractivity contribution >= 4 is 5.97 Å². The van der Waals surface area contributed by atoms with Crippen LogP contribution in [0.5, 0.6) is 0 Å². The molecule has 0 spiro atoms. The van der Waals surface area contributed by atoms with E-state index in [1.807, 2.05) is 0 Å². The minimum absolute atomic E-state index is 0.457. The third-order valence-electron chi connectivity index (χ3n) is 1.46. The van der Waals surface area contributed by atoms with E-state index in [1.165, 1.54) is 0 Å². The minimum Gasteiger partial charge on any atom is -0.431 e. The summed E-state index contributed by atoms with van der Waals surface area (Å²) in [5.74, 6) is -1.30. The van der Waals surface area contributed by atoms with Crippen molar-refractivity contribution in [3.63, 3.8) is 0 Å². The highest BCUT2D eigenvalue weighted by molar-refractivity contribution is 5.81. The molecule has 0 N–H and O–H groups in total. The highest BCUT2D eigenvalue weighted by Gasteiger charge is 2.21. The average molecular weight is 186 g/mol. The average Bonchev–Trinajstić information content (AvgIpc) is 2.03. The lowest BCUT2D eigenvalue weighted by Crippen LogP contribution is -2.31. The first kappa shape index (κ1) is 12.2. The summed E-state index contributed by atoms with van der Waals surface area (Å²) < 4.78 is 10.3. The Labute approximate surface area is 79.7 Å². The van der Waals surface area contributed by atoms with Gasteiger partial charge in [-0.1, -0.05) is 19.9 Å². The van der Waals surface area contributed by atoms with Crippen LogP contribution in [-0.2, 0) is 14.3 Å². The Balaban J connectivity index is 3.78. The van der Waals surface area contributed by atoms with Crippen LogP contribution in [0.4, 0.5) is 0 Å². The number of carbonyl (C=O) groups is 1. The summed E-state index contributed by atoms with van der Waals surface area (Å²) >= 11 is 0. The van der Waals surface area contributed by atoms with Gasteiger partial charge in [-0.25, -0.2) is 4.79 Å². The Morgan fingerprint density at radius 2 is 2.15 bits per heavy atom. The van der Waals surface area contributed by atoms with E-state index in [0.717, 1.165) is 18.9 Å². The lowest BCUT2D eigenvalue weighted by Gasteiger charge is -2.24. The molecule has 0 saturated heterocycles. The third-order valence-corrected chi connectivity index (χ3v) is 1.46. The first-order valence-corrected chi connectivity index (χ1v) is 4.51. The van der Waals surface area contributed by atoms with Gasteiger partial charge in [0.05, 0.1) is 6.61 Å². The Kier molecular flexibility index (Phi) is 5.39. The predicted octanol–water partition coefficient (Wildman–Crippen LogP) is 2.27. The van der Waals surface area contributed by atoms with Gasteiger partial charge in [-0.05, 0) is 6.42 Å². The van der Waals surface area contributed by atoms with Crippen LogP contribution in [0.1, 0.15) is 33.6 Å². The number of esters is 1. The molecule has 0 unspecified atom stereocenters. The summed E-state index contributed by atoms with van der Waals surface area (Å²) in [7, 11) is 0. The molecule has 0 fully saturated rings. The SMILES string of the molecule is C=CC(=O)OC(C)(C)OCCCC. The molecule has 0 aliphatic rings. The zero-order chi connectivity index (χ0) is 10.3. The summed E-state index contributed by atoms with van der Waals surface area (Å²) in [5.41, 5.74) is 0. The smallest absolute Gasteiger partial charge is 0.332 e. The quantitative estimate of drug-likeness (QED) is 0.276. The molecule has 0 aliphatic heterocycles. The van der Waals surface area contributed by atoms with Gasteiger partial charge in [0.25, 0.3) is 0 Å². The zero-order valence-corrected chi connectivity index (χ0v) is 8.63. The van der Waals surface area contributed by atoms with Crippen molar-refractivity contribution in [1.82, 2.24) is 0 Å². The Hall–Kier alpha value is -0.830. The lowest BCUT2D eigenvalue weighted by molar-refractivity contribution is -0.211. The maximum absolute atomic E-state index is 10.8. The minimum atomic E-state index is -0.847. The Bertz CT molecular complexity index is 173. The zero-order valence-electron chi connectivity index (χ0n) is 8.63. The third kappa shape index (κ3) is 6.34. The van der Waals surface area contributed by atoms with E-state index >= 15 is 0 Å². The number of rotatable bonds is 6. The van der Waals surface area contributed by atoms with Gasteiger partial charge in [-0.3, -0.25) is 0 Å². The highest BCUT2D eigenvalue weighted by atomic mass is 16.7. The second-order valence-electron chi connectivity index (χ2n) is 3.23. The van der Waals surface area contributed by atoms with E-state index in [0.29, 0.717) is 6.61 Å². The van der Waals surface area contributed by atoms with Crippen molar-refractivity contribution < 1.29 is 14.3 Å². The largest absolute Gasteiger partial charge is 0.431 e. The maximum atomic E-state index is 10.8. The van der Waals surface area contributed by atoms with Gasteiger partial charge in [0.15, 0.2) is 0 Å². The van der Waals surface area contributed by atoms with E-state index < -0.39 is 11.8 Å². The van der Waals surface area contributed by atoms with Crippen LogP contribution < -0.4 is 0 Å². The number of hydrogen-bond acceptors (Lipinski definition) is 3. The number of carbonyl (C=O) groups excluding carboxylic acids is 1. The van der Waals surface area contributed by atoms with E-state index in [2.05, 4.69) is 13.5 Å². The fourth-order valence-corrected chi connectivity index (χ4v) is 0.776. The van der Waals surface area contributed by atoms with E-state index in [-0.39, 0.29) is 0 Å². The number of hydrogen-bond donors (Lipinski definition) is 0. The van der Waals surface area contributed by atoms with Gasteiger partial charge >= 0.3 is 5.97 Å². The molecule has 0 saturated carbocycles. The van der Waals surface area contributed by atoms with Crippen molar-refractivity contribution in [3.8, 4) is 0 Å². The molecule has 0 radical (unpaired) electrons. The molecule has 0 heterocycles. The van der Waals surface area contributed by atoms with E-state index in [4.69, 9.17) is 9.47 Å². The molecule has 0 bridgehead atoms. The molecule has 0 atom stereocenters. The van der Waals surface area contributed by atoms with Crippen molar-refractivity contribution in [3.05, 3.63) is 12.7 Å². The summed E-state index contributed by atoms with van der Waals surface area (Å²) in [6.45, 7) is 9.42. The van der Waals surface area contributed by atoms with Crippen LogP contribution in [0.3, 0.4) is 0 Å². The van der Waals surface area contributed by atoms with Crippen LogP contribution in [0.25, 0.3) is 0 Å². The standard InChI is InChI=1S/C10H18O3/c1-5-7-8-12-10(3,4)13-9(11)6-2/h6H,2,5,7-8H2,1,3-4H3. The van der Waals surface area contributed by atoms with Crippen molar-refractivity contribution in [2.75, 3.05) is 6.61 Å². The number of unbranched alkanes of at least 4 members (excludes halogenated alkanes) is 1. The lowest BCUT2D eigenvalue weighted by atomic mass is 10.3. The van der Waals surface area contributed by atoms with Crippen molar-refractivity contribution in [2.24, 2.45) is 0 Å².